The highest BCUT2D eigenvalue weighted by Crippen LogP contribution is 2.54. The highest BCUT2D eigenvalue weighted by Gasteiger charge is 2.47. The Kier molecular flexibility index (Phi) is 3.82. The Labute approximate surface area is 175 Å². The summed E-state index contributed by atoms with van der Waals surface area (Å²) in [5.41, 5.74) is 8.31. The maximum absolute atomic E-state index is 6.68. The Morgan fingerprint density at radius 2 is 1.79 bits per heavy atom. The van der Waals surface area contributed by atoms with Crippen molar-refractivity contribution >= 4 is 11.8 Å². The van der Waals surface area contributed by atoms with Crippen LogP contribution in [-0.2, 0) is 23.9 Å². The number of aryl methyl sites for hydroxylation is 1. The van der Waals surface area contributed by atoms with Gasteiger partial charge in [0.2, 0.25) is 0 Å². The zero-order valence-corrected chi connectivity index (χ0v) is 18.7. The number of anilines is 1. The van der Waals surface area contributed by atoms with Crippen LogP contribution in [0.5, 0.6) is 5.75 Å². The summed E-state index contributed by atoms with van der Waals surface area (Å²) >= 11 is 0. The zero-order chi connectivity index (χ0) is 20.6. The molecule has 0 amide bonds. The normalized spacial score (nSPS) is 25.8. The third-order valence-corrected chi connectivity index (χ3v) is 8.19. The van der Waals surface area contributed by atoms with Gasteiger partial charge in [-0.3, -0.25) is 0 Å². The van der Waals surface area contributed by atoms with Crippen molar-refractivity contribution in [3.8, 4) is 5.75 Å². The first-order valence-corrected chi connectivity index (χ1v) is 11.0. The number of hydrogen-bond acceptors (Lipinski definition) is 2. The molecule has 1 aliphatic carbocycles. The van der Waals surface area contributed by atoms with Gasteiger partial charge in [0.15, 0.2) is 0 Å². The molecular formula is C27H33NO. The molecule has 0 N–H and O–H groups in total. The van der Waals surface area contributed by atoms with E-state index in [0.29, 0.717) is 0 Å². The van der Waals surface area contributed by atoms with E-state index in [9.17, 15) is 0 Å². The summed E-state index contributed by atoms with van der Waals surface area (Å²) in [5, 5.41) is 0. The van der Waals surface area contributed by atoms with Gasteiger partial charge in [0.1, 0.15) is 11.4 Å². The molecule has 0 fully saturated rings. The van der Waals surface area contributed by atoms with Crippen molar-refractivity contribution in [3.63, 3.8) is 0 Å². The highest BCUT2D eigenvalue weighted by molar-refractivity contribution is 5.69. The maximum atomic E-state index is 6.68. The quantitative estimate of drug-likeness (QED) is 0.573. The summed E-state index contributed by atoms with van der Waals surface area (Å²) in [5.74, 6) is 1.03. The molecule has 5 rings (SSSR count). The van der Waals surface area contributed by atoms with Gasteiger partial charge in [-0.1, -0.05) is 45.9 Å². The average Bonchev–Trinajstić information content (AvgIpc) is 2.86. The van der Waals surface area contributed by atoms with Gasteiger partial charge in [-0.15, -0.1) is 0 Å². The molecule has 0 bridgehead atoms. The fourth-order valence-electron chi connectivity index (χ4n) is 5.47. The van der Waals surface area contributed by atoms with E-state index in [4.69, 9.17) is 4.74 Å². The molecule has 3 aliphatic rings. The number of ether oxygens (including phenoxy) is 1. The van der Waals surface area contributed by atoms with Crippen LogP contribution in [-0.4, -0.2) is 13.6 Å². The number of fused-ring (bicyclic) bond motifs is 4. The molecule has 2 aliphatic heterocycles. The third kappa shape index (κ3) is 2.61. The third-order valence-electron chi connectivity index (χ3n) is 8.19. The molecule has 2 aromatic rings. The van der Waals surface area contributed by atoms with E-state index >= 15 is 0 Å². The zero-order valence-electron chi connectivity index (χ0n) is 18.7. The summed E-state index contributed by atoms with van der Waals surface area (Å²) in [6, 6.07) is 11.4. The molecule has 0 spiro atoms. The van der Waals surface area contributed by atoms with Crippen LogP contribution in [0, 0.1) is 5.41 Å². The van der Waals surface area contributed by atoms with E-state index in [0.717, 1.165) is 25.1 Å². The van der Waals surface area contributed by atoms with Gasteiger partial charge >= 0.3 is 0 Å². The van der Waals surface area contributed by atoms with Crippen LogP contribution in [0.15, 0.2) is 36.4 Å². The highest BCUT2D eigenvalue weighted by atomic mass is 16.5. The van der Waals surface area contributed by atoms with Gasteiger partial charge < -0.3 is 9.64 Å². The SMILES string of the molecule is CN1CCCc2cc([C@]3(C)C=Cc4c(ccc5c4CC(C)(C)C5(C)C)O3)ccc21. The van der Waals surface area contributed by atoms with Crippen molar-refractivity contribution in [1.29, 1.82) is 0 Å². The fourth-order valence-corrected chi connectivity index (χ4v) is 5.47. The van der Waals surface area contributed by atoms with Gasteiger partial charge in [0, 0.05) is 24.8 Å². The molecule has 152 valence electrons. The fraction of sp³-hybridized carbons (Fsp3) is 0.481. The van der Waals surface area contributed by atoms with Crippen molar-refractivity contribution in [1.82, 2.24) is 0 Å². The molecule has 0 aromatic heterocycles. The van der Waals surface area contributed by atoms with Crippen LogP contribution in [0.2, 0.25) is 0 Å². The Bertz CT molecular complexity index is 1030. The van der Waals surface area contributed by atoms with Crippen molar-refractivity contribution in [2.24, 2.45) is 5.41 Å². The molecule has 2 nitrogen and oxygen atoms in total. The summed E-state index contributed by atoms with van der Waals surface area (Å²) in [7, 11) is 2.19. The minimum Gasteiger partial charge on any atom is -0.478 e. The first-order chi connectivity index (χ1) is 13.6. The van der Waals surface area contributed by atoms with Crippen molar-refractivity contribution < 1.29 is 4.74 Å². The predicted octanol–water partition coefficient (Wildman–Crippen LogP) is 6.25. The molecule has 0 radical (unpaired) electrons. The number of rotatable bonds is 1. The molecule has 29 heavy (non-hydrogen) atoms. The van der Waals surface area contributed by atoms with Crippen LogP contribution < -0.4 is 9.64 Å². The number of hydrogen-bond donors (Lipinski definition) is 0. The standard InChI is InChI=1S/C27H33NO/c1-25(2)17-21-20-13-14-27(5,29-24(20)12-10-22(21)26(25,3)4)19-9-11-23-18(16-19)8-7-15-28(23)6/h9-14,16H,7-8,15,17H2,1-6H3/t27-/m0/s1. The van der Waals surface area contributed by atoms with Crippen LogP contribution in [0.3, 0.4) is 0 Å². The van der Waals surface area contributed by atoms with Gasteiger partial charge in [0.25, 0.3) is 0 Å². The first-order valence-electron chi connectivity index (χ1n) is 11.0. The Balaban J connectivity index is 1.54. The Morgan fingerprint density at radius 3 is 2.59 bits per heavy atom. The lowest BCUT2D eigenvalue weighted by molar-refractivity contribution is 0.138. The number of nitrogens with zero attached hydrogens (tertiary/aromatic N) is 1. The van der Waals surface area contributed by atoms with E-state index in [1.165, 1.54) is 39.9 Å². The largest absolute Gasteiger partial charge is 0.478 e. The molecule has 2 aromatic carbocycles. The second kappa shape index (κ2) is 5.90. The first kappa shape index (κ1) is 18.8. The van der Waals surface area contributed by atoms with Crippen LogP contribution >= 0.6 is 0 Å². The second-order valence-corrected chi connectivity index (χ2v) is 10.6. The van der Waals surface area contributed by atoms with Crippen LogP contribution in [0.1, 0.15) is 68.9 Å². The summed E-state index contributed by atoms with van der Waals surface area (Å²) < 4.78 is 6.68. The lowest BCUT2D eigenvalue weighted by atomic mass is 9.69. The molecule has 1 atom stereocenters. The molecule has 0 saturated heterocycles. The van der Waals surface area contributed by atoms with Crippen LogP contribution in [0.4, 0.5) is 5.69 Å². The van der Waals surface area contributed by atoms with Crippen molar-refractivity contribution in [3.05, 3.63) is 64.2 Å². The second-order valence-electron chi connectivity index (χ2n) is 10.6. The van der Waals surface area contributed by atoms with E-state index in [1.807, 2.05) is 0 Å². The van der Waals surface area contributed by atoms with Gasteiger partial charge in [0.05, 0.1) is 0 Å². The van der Waals surface area contributed by atoms with Gasteiger partial charge in [-0.2, -0.15) is 0 Å². The molecule has 0 unspecified atom stereocenters. The minimum atomic E-state index is -0.421. The molecule has 2 heterocycles. The van der Waals surface area contributed by atoms with Crippen molar-refractivity contribution in [2.45, 2.75) is 64.9 Å². The van der Waals surface area contributed by atoms with Gasteiger partial charge in [-0.25, -0.2) is 0 Å². The monoisotopic (exact) mass is 387 g/mol. The lowest BCUT2D eigenvalue weighted by Crippen LogP contribution is -2.32. The molecular weight excluding hydrogens is 354 g/mol. The van der Waals surface area contributed by atoms with Crippen LogP contribution in [0.25, 0.3) is 6.08 Å². The predicted molar refractivity (Wildman–Crippen MR) is 122 cm³/mol. The topological polar surface area (TPSA) is 12.5 Å². The molecule has 2 heteroatoms. The summed E-state index contributed by atoms with van der Waals surface area (Å²) in [4.78, 5) is 2.37. The summed E-state index contributed by atoms with van der Waals surface area (Å²) in [6.45, 7) is 12.9. The van der Waals surface area contributed by atoms with E-state index < -0.39 is 5.60 Å². The Morgan fingerprint density at radius 1 is 1.00 bits per heavy atom. The number of benzene rings is 2. The van der Waals surface area contributed by atoms with Gasteiger partial charge in [-0.05, 0) is 83.5 Å². The van der Waals surface area contributed by atoms with E-state index in [-0.39, 0.29) is 10.8 Å². The Hall–Kier alpha value is -2.22. The smallest absolute Gasteiger partial charge is 0.150 e. The summed E-state index contributed by atoms with van der Waals surface area (Å²) in [6.07, 6.45) is 8.07. The molecule has 0 saturated carbocycles. The van der Waals surface area contributed by atoms with E-state index in [1.54, 1.807) is 0 Å². The minimum absolute atomic E-state index is 0.177. The maximum Gasteiger partial charge on any atom is 0.150 e. The van der Waals surface area contributed by atoms with Crippen molar-refractivity contribution in [2.75, 3.05) is 18.5 Å². The lowest BCUT2D eigenvalue weighted by Gasteiger charge is -2.36. The average molecular weight is 388 g/mol. The van der Waals surface area contributed by atoms with E-state index in [2.05, 4.69) is 89.1 Å².